The molecular formula is C12H15NO2. The van der Waals surface area contributed by atoms with Gasteiger partial charge in [0, 0.05) is 6.54 Å². The quantitative estimate of drug-likeness (QED) is 0.721. The number of carbonyl (C=O) groups is 1. The highest BCUT2D eigenvalue weighted by atomic mass is 16.4. The van der Waals surface area contributed by atoms with Gasteiger partial charge in [-0.1, -0.05) is 30.3 Å². The minimum Gasteiger partial charge on any atom is -0.481 e. The van der Waals surface area contributed by atoms with E-state index in [4.69, 9.17) is 10.8 Å². The van der Waals surface area contributed by atoms with Crippen molar-refractivity contribution in [2.75, 3.05) is 0 Å². The smallest absolute Gasteiger partial charge is 0.311 e. The number of hydrogen-bond acceptors (Lipinski definition) is 2. The Bertz CT molecular complexity index is 343. The van der Waals surface area contributed by atoms with Gasteiger partial charge in [0.25, 0.3) is 0 Å². The van der Waals surface area contributed by atoms with Crippen LogP contribution in [0.15, 0.2) is 36.9 Å². The first-order chi connectivity index (χ1) is 7.19. The van der Waals surface area contributed by atoms with Gasteiger partial charge in [0.05, 0.1) is 5.92 Å². The summed E-state index contributed by atoms with van der Waals surface area (Å²) in [7, 11) is 0. The maximum Gasteiger partial charge on any atom is 0.311 e. The fraction of sp³-hybridized carbons (Fsp3) is 0.250. The molecule has 0 aromatic heterocycles. The summed E-state index contributed by atoms with van der Waals surface area (Å²) < 4.78 is 0. The predicted molar refractivity (Wildman–Crippen MR) is 59.5 cm³/mol. The number of allylic oxidation sites excluding steroid dienone is 1. The van der Waals surface area contributed by atoms with Gasteiger partial charge in [0.1, 0.15) is 0 Å². The molecule has 0 saturated carbocycles. The molecule has 0 aliphatic rings. The summed E-state index contributed by atoms with van der Waals surface area (Å²) >= 11 is 0. The number of carboxylic acid groups (broad SMARTS) is 1. The van der Waals surface area contributed by atoms with Crippen molar-refractivity contribution in [3.05, 3.63) is 48.0 Å². The molecule has 1 aromatic rings. The van der Waals surface area contributed by atoms with Crippen LogP contribution in [0.2, 0.25) is 0 Å². The fourth-order valence-corrected chi connectivity index (χ4v) is 1.43. The first-order valence-electron chi connectivity index (χ1n) is 4.81. The third-order valence-corrected chi connectivity index (χ3v) is 2.32. The zero-order valence-corrected chi connectivity index (χ0v) is 8.52. The maximum absolute atomic E-state index is 11.0. The van der Waals surface area contributed by atoms with Crippen LogP contribution in [0.4, 0.5) is 0 Å². The SMILES string of the molecule is C=CCC(C(=O)O)c1ccc(CN)cc1. The van der Waals surface area contributed by atoms with E-state index in [0.29, 0.717) is 13.0 Å². The third-order valence-electron chi connectivity index (χ3n) is 2.32. The fourth-order valence-electron chi connectivity index (χ4n) is 1.43. The number of hydrogen-bond donors (Lipinski definition) is 2. The minimum absolute atomic E-state index is 0.442. The number of carboxylic acids is 1. The summed E-state index contributed by atoms with van der Waals surface area (Å²) in [6.45, 7) is 4.03. The molecule has 0 fully saturated rings. The van der Waals surface area contributed by atoms with Gasteiger partial charge in [-0.3, -0.25) is 4.79 Å². The van der Waals surface area contributed by atoms with E-state index in [0.717, 1.165) is 11.1 Å². The van der Waals surface area contributed by atoms with Crippen LogP contribution < -0.4 is 5.73 Å². The summed E-state index contributed by atoms with van der Waals surface area (Å²) in [5.41, 5.74) is 7.25. The molecule has 3 heteroatoms. The largest absolute Gasteiger partial charge is 0.481 e. The molecule has 80 valence electrons. The minimum atomic E-state index is -0.824. The van der Waals surface area contributed by atoms with Crippen LogP contribution in [0, 0.1) is 0 Å². The van der Waals surface area contributed by atoms with E-state index in [1.54, 1.807) is 6.08 Å². The van der Waals surface area contributed by atoms with Gasteiger partial charge in [-0.2, -0.15) is 0 Å². The Morgan fingerprint density at radius 1 is 1.47 bits per heavy atom. The van der Waals surface area contributed by atoms with Crippen molar-refractivity contribution in [1.82, 2.24) is 0 Å². The monoisotopic (exact) mass is 205 g/mol. The molecule has 0 heterocycles. The van der Waals surface area contributed by atoms with Gasteiger partial charge in [-0.25, -0.2) is 0 Å². The van der Waals surface area contributed by atoms with Crippen molar-refractivity contribution in [3.63, 3.8) is 0 Å². The van der Waals surface area contributed by atoms with Gasteiger partial charge >= 0.3 is 5.97 Å². The molecule has 3 N–H and O–H groups in total. The molecule has 0 spiro atoms. The highest BCUT2D eigenvalue weighted by Gasteiger charge is 2.17. The first kappa shape index (κ1) is 11.5. The number of aliphatic carboxylic acids is 1. The molecule has 1 unspecified atom stereocenters. The number of benzene rings is 1. The van der Waals surface area contributed by atoms with Gasteiger partial charge in [-0.05, 0) is 17.5 Å². The second-order valence-corrected chi connectivity index (χ2v) is 3.36. The van der Waals surface area contributed by atoms with Crippen LogP contribution in [0.5, 0.6) is 0 Å². The topological polar surface area (TPSA) is 63.3 Å². The van der Waals surface area contributed by atoms with Gasteiger partial charge in [0.2, 0.25) is 0 Å². The summed E-state index contributed by atoms with van der Waals surface area (Å²) in [4.78, 5) is 11.0. The van der Waals surface area contributed by atoms with E-state index in [2.05, 4.69) is 6.58 Å². The van der Waals surface area contributed by atoms with Gasteiger partial charge in [0.15, 0.2) is 0 Å². The molecule has 1 aromatic carbocycles. The van der Waals surface area contributed by atoms with Crippen molar-refractivity contribution in [2.24, 2.45) is 5.73 Å². The molecule has 0 amide bonds. The van der Waals surface area contributed by atoms with E-state index in [-0.39, 0.29) is 0 Å². The lowest BCUT2D eigenvalue weighted by Crippen LogP contribution is -2.10. The van der Waals surface area contributed by atoms with E-state index >= 15 is 0 Å². The zero-order valence-electron chi connectivity index (χ0n) is 8.52. The highest BCUT2D eigenvalue weighted by molar-refractivity contribution is 5.76. The Kier molecular flexibility index (Phi) is 4.06. The van der Waals surface area contributed by atoms with Crippen molar-refractivity contribution in [2.45, 2.75) is 18.9 Å². The summed E-state index contributed by atoms with van der Waals surface area (Å²) in [6.07, 6.45) is 2.06. The van der Waals surface area contributed by atoms with E-state index in [9.17, 15) is 4.79 Å². The Hall–Kier alpha value is -1.61. The molecule has 15 heavy (non-hydrogen) atoms. The van der Waals surface area contributed by atoms with E-state index in [1.807, 2.05) is 24.3 Å². The molecule has 0 bridgehead atoms. The van der Waals surface area contributed by atoms with Crippen LogP contribution in [-0.4, -0.2) is 11.1 Å². The average Bonchev–Trinajstić information content (AvgIpc) is 2.26. The second-order valence-electron chi connectivity index (χ2n) is 3.36. The van der Waals surface area contributed by atoms with E-state index < -0.39 is 11.9 Å². The van der Waals surface area contributed by atoms with E-state index in [1.165, 1.54) is 0 Å². The standard InChI is InChI=1S/C12H15NO2/c1-2-3-11(12(14)15)10-6-4-9(8-13)5-7-10/h2,4-7,11H,1,3,8,13H2,(H,14,15). The highest BCUT2D eigenvalue weighted by Crippen LogP contribution is 2.20. The predicted octanol–water partition coefficient (Wildman–Crippen LogP) is 1.89. The lowest BCUT2D eigenvalue weighted by atomic mass is 9.95. The van der Waals surface area contributed by atoms with Gasteiger partial charge in [-0.15, -0.1) is 6.58 Å². The molecule has 3 nitrogen and oxygen atoms in total. The molecule has 1 atom stereocenters. The summed E-state index contributed by atoms with van der Waals surface area (Å²) in [5.74, 6) is -1.33. The number of nitrogens with two attached hydrogens (primary N) is 1. The Morgan fingerprint density at radius 2 is 2.07 bits per heavy atom. The molecule has 0 aliphatic heterocycles. The van der Waals surface area contributed by atoms with Crippen LogP contribution in [0.1, 0.15) is 23.5 Å². The van der Waals surface area contributed by atoms with Crippen LogP contribution >= 0.6 is 0 Å². The normalized spacial score (nSPS) is 12.1. The summed E-state index contributed by atoms with van der Waals surface area (Å²) in [5, 5.41) is 9.01. The van der Waals surface area contributed by atoms with Crippen LogP contribution in [0.25, 0.3) is 0 Å². The van der Waals surface area contributed by atoms with Crippen molar-refractivity contribution >= 4 is 5.97 Å². The second kappa shape index (κ2) is 5.32. The van der Waals surface area contributed by atoms with Crippen molar-refractivity contribution in [1.29, 1.82) is 0 Å². The lowest BCUT2D eigenvalue weighted by molar-refractivity contribution is -0.138. The molecular weight excluding hydrogens is 190 g/mol. The van der Waals surface area contributed by atoms with Crippen molar-refractivity contribution in [3.8, 4) is 0 Å². The zero-order chi connectivity index (χ0) is 11.3. The summed E-state index contributed by atoms with van der Waals surface area (Å²) in [6, 6.07) is 7.33. The third kappa shape index (κ3) is 2.92. The maximum atomic E-state index is 11.0. The Balaban J connectivity index is 2.91. The molecule has 1 rings (SSSR count). The van der Waals surface area contributed by atoms with Gasteiger partial charge < -0.3 is 10.8 Å². The molecule has 0 aliphatic carbocycles. The average molecular weight is 205 g/mol. The Labute approximate surface area is 89.2 Å². The van der Waals surface area contributed by atoms with Crippen molar-refractivity contribution < 1.29 is 9.90 Å². The Morgan fingerprint density at radius 3 is 2.47 bits per heavy atom. The molecule has 0 radical (unpaired) electrons. The molecule has 0 saturated heterocycles. The lowest BCUT2D eigenvalue weighted by Gasteiger charge is -2.10. The first-order valence-corrected chi connectivity index (χ1v) is 4.81. The van der Waals surface area contributed by atoms with Crippen LogP contribution in [0.3, 0.4) is 0 Å². The number of rotatable bonds is 5. The van der Waals surface area contributed by atoms with Crippen LogP contribution in [-0.2, 0) is 11.3 Å².